The first-order chi connectivity index (χ1) is 6.82. The zero-order chi connectivity index (χ0) is 11.6. The first-order valence-electron chi connectivity index (χ1n) is 3.48. The predicted molar refractivity (Wildman–Crippen MR) is 43.6 cm³/mol. The van der Waals surface area contributed by atoms with Gasteiger partial charge in [0.25, 0.3) is 0 Å². The molecular formula is C7H3BrF5NO. The van der Waals surface area contributed by atoms with E-state index in [4.69, 9.17) is 0 Å². The number of alkyl halides is 5. The molecule has 1 aromatic rings. The maximum atomic E-state index is 12.3. The lowest BCUT2D eigenvalue weighted by Crippen LogP contribution is -2.09. The third-order valence-electron chi connectivity index (χ3n) is 1.37. The predicted octanol–water partition coefficient (Wildman–Crippen LogP) is 3.46. The van der Waals surface area contributed by atoms with Crippen LogP contribution in [0.1, 0.15) is 5.56 Å². The molecule has 0 N–H and O–H groups in total. The van der Waals surface area contributed by atoms with Crippen molar-refractivity contribution < 1.29 is 26.7 Å². The minimum Gasteiger partial charge on any atom is -0.432 e. The Kier molecular flexibility index (Phi) is 3.48. The van der Waals surface area contributed by atoms with E-state index in [1.165, 1.54) is 0 Å². The fraction of sp³-hybridized carbons (Fsp3) is 0.286. The van der Waals surface area contributed by atoms with Crippen LogP contribution in [0, 0.1) is 0 Å². The van der Waals surface area contributed by atoms with Gasteiger partial charge in [-0.2, -0.15) is 22.0 Å². The Bertz CT molecular complexity index is 354. The van der Waals surface area contributed by atoms with Crippen molar-refractivity contribution in [3.05, 3.63) is 22.4 Å². The van der Waals surface area contributed by atoms with Gasteiger partial charge >= 0.3 is 12.8 Å². The number of halogens is 6. The molecule has 0 spiro atoms. The summed E-state index contributed by atoms with van der Waals surface area (Å²) in [6, 6.07) is 0. The highest BCUT2D eigenvalue weighted by molar-refractivity contribution is 9.10. The van der Waals surface area contributed by atoms with Crippen molar-refractivity contribution in [1.82, 2.24) is 4.98 Å². The molecule has 0 aromatic carbocycles. The maximum Gasteiger partial charge on any atom is 0.419 e. The molecule has 0 fully saturated rings. The van der Waals surface area contributed by atoms with E-state index in [9.17, 15) is 22.0 Å². The quantitative estimate of drug-likeness (QED) is 0.779. The Hall–Kier alpha value is -0.920. The average Bonchev–Trinajstić information content (AvgIpc) is 2.05. The van der Waals surface area contributed by atoms with Crippen molar-refractivity contribution >= 4 is 15.9 Å². The van der Waals surface area contributed by atoms with E-state index in [-0.39, 0.29) is 0 Å². The molecule has 0 saturated heterocycles. The maximum absolute atomic E-state index is 12.3. The highest BCUT2D eigenvalue weighted by atomic mass is 79.9. The molecule has 2 nitrogen and oxygen atoms in total. The van der Waals surface area contributed by atoms with E-state index < -0.39 is 28.6 Å². The Morgan fingerprint density at radius 3 is 2.33 bits per heavy atom. The van der Waals surface area contributed by atoms with Crippen LogP contribution in [0.4, 0.5) is 22.0 Å². The van der Waals surface area contributed by atoms with Crippen LogP contribution in [0.3, 0.4) is 0 Å². The Morgan fingerprint density at radius 2 is 1.87 bits per heavy atom. The highest BCUT2D eigenvalue weighted by Gasteiger charge is 2.35. The van der Waals surface area contributed by atoms with Crippen LogP contribution >= 0.6 is 15.9 Å². The smallest absolute Gasteiger partial charge is 0.419 e. The second-order valence-corrected chi connectivity index (χ2v) is 3.17. The zero-order valence-corrected chi connectivity index (χ0v) is 8.44. The SMILES string of the molecule is FC(F)Oc1cncc(C(F)(F)F)c1Br. The van der Waals surface area contributed by atoms with Gasteiger partial charge in [-0.3, -0.25) is 4.98 Å². The summed E-state index contributed by atoms with van der Waals surface area (Å²) in [6.45, 7) is -3.20. The molecule has 0 aliphatic carbocycles. The van der Waals surface area contributed by atoms with E-state index in [0.29, 0.717) is 6.20 Å². The molecule has 1 aromatic heterocycles. The summed E-state index contributed by atoms with van der Waals surface area (Å²) in [4.78, 5) is 3.16. The van der Waals surface area contributed by atoms with Crippen molar-refractivity contribution in [1.29, 1.82) is 0 Å². The molecule has 0 aliphatic rings. The van der Waals surface area contributed by atoms with E-state index in [0.717, 1.165) is 6.20 Å². The number of hydrogen-bond acceptors (Lipinski definition) is 2. The van der Waals surface area contributed by atoms with E-state index in [1.54, 1.807) is 0 Å². The standard InChI is InChI=1S/C7H3BrF5NO/c8-5-3(7(11,12)13)1-14-2-4(5)15-6(9)10/h1-2,6H. The van der Waals surface area contributed by atoms with Crippen molar-refractivity contribution in [2.45, 2.75) is 12.8 Å². The lowest BCUT2D eigenvalue weighted by Gasteiger charge is -2.11. The number of ether oxygens (including phenoxy) is 1. The third-order valence-corrected chi connectivity index (χ3v) is 2.19. The molecule has 0 bridgehead atoms. The third kappa shape index (κ3) is 3.01. The molecule has 1 heterocycles. The van der Waals surface area contributed by atoms with Gasteiger partial charge in [-0.05, 0) is 15.9 Å². The minimum atomic E-state index is -4.67. The minimum absolute atomic E-state index is 0.516. The molecule has 0 aliphatic heterocycles. The highest BCUT2D eigenvalue weighted by Crippen LogP contribution is 2.38. The molecule has 0 radical (unpaired) electrons. The second kappa shape index (κ2) is 4.30. The average molecular weight is 292 g/mol. The monoisotopic (exact) mass is 291 g/mol. The van der Waals surface area contributed by atoms with Crippen LogP contribution in [-0.4, -0.2) is 11.6 Å². The summed E-state index contributed by atoms with van der Waals surface area (Å²) in [5, 5.41) is 0. The van der Waals surface area contributed by atoms with Crippen LogP contribution in [0.15, 0.2) is 16.9 Å². The lowest BCUT2D eigenvalue weighted by molar-refractivity contribution is -0.139. The molecule has 15 heavy (non-hydrogen) atoms. The zero-order valence-electron chi connectivity index (χ0n) is 6.86. The largest absolute Gasteiger partial charge is 0.432 e. The van der Waals surface area contributed by atoms with Crippen LogP contribution < -0.4 is 4.74 Å². The summed E-state index contributed by atoms with van der Waals surface area (Å²) in [5.41, 5.74) is -1.17. The first kappa shape index (κ1) is 12.2. The summed E-state index contributed by atoms with van der Waals surface area (Å²) in [7, 11) is 0. The summed E-state index contributed by atoms with van der Waals surface area (Å²) >= 11 is 2.53. The van der Waals surface area contributed by atoms with Crippen molar-refractivity contribution in [3.63, 3.8) is 0 Å². The summed E-state index contributed by atoms with van der Waals surface area (Å²) < 4.78 is 63.6. The molecule has 0 atom stereocenters. The topological polar surface area (TPSA) is 22.1 Å². The van der Waals surface area contributed by atoms with Gasteiger partial charge in [0.05, 0.1) is 16.2 Å². The molecule has 0 unspecified atom stereocenters. The molecule has 1 rings (SSSR count). The number of hydrogen-bond donors (Lipinski definition) is 0. The fourth-order valence-corrected chi connectivity index (χ4v) is 1.32. The number of nitrogens with zero attached hydrogens (tertiary/aromatic N) is 1. The molecule has 84 valence electrons. The first-order valence-corrected chi connectivity index (χ1v) is 4.27. The van der Waals surface area contributed by atoms with Gasteiger partial charge in [0.15, 0.2) is 5.75 Å². The summed E-state index contributed by atoms with van der Waals surface area (Å²) in [6.07, 6.45) is -3.39. The molecule has 8 heteroatoms. The van der Waals surface area contributed by atoms with Crippen LogP contribution in [-0.2, 0) is 6.18 Å². The van der Waals surface area contributed by atoms with Crippen LogP contribution in [0.5, 0.6) is 5.75 Å². The Balaban J connectivity index is 3.12. The van der Waals surface area contributed by atoms with Crippen molar-refractivity contribution in [2.75, 3.05) is 0 Å². The van der Waals surface area contributed by atoms with Gasteiger partial charge in [-0.15, -0.1) is 0 Å². The molecule has 0 amide bonds. The summed E-state index contributed by atoms with van der Waals surface area (Å²) in [5.74, 6) is -0.653. The van der Waals surface area contributed by atoms with Crippen LogP contribution in [0.25, 0.3) is 0 Å². The van der Waals surface area contributed by atoms with Gasteiger partial charge in [-0.1, -0.05) is 0 Å². The van der Waals surface area contributed by atoms with Crippen LogP contribution in [0.2, 0.25) is 0 Å². The number of pyridine rings is 1. The van der Waals surface area contributed by atoms with Gasteiger partial charge < -0.3 is 4.74 Å². The Morgan fingerprint density at radius 1 is 1.27 bits per heavy atom. The lowest BCUT2D eigenvalue weighted by atomic mass is 10.3. The van der Waals surface area contributed by atoms with Crippen molar-refractivity contribution in [2.24, 2.45) is 0 Å². The van der Waals surface area contributed by atoms with Crippen molar-refractivity contribution in [3.8, 4) is 5.75 Å². The van der Waals surface area contributed by atoms with Gasteiger partial charge in [0, 0.05) is 6.20 Å². The number of aromatic nitrogens is 1. The molecule has 0 saturated carbocycles. The van der Waals surface area contributed by atoms with Gasteiger partial charge in [0.1, 0.15) is 0 Å². The van der Waals surface area contributed by atoms with E-state index in [2.05, 4.69) is 25.7 Å². The fourth-order valence-electron chi connectivity index (χ4n) is 0.801. The second-order valence-electron chi connectivity index (χ2n) is 2.38. The van der Waals surface area contributed by atoms with E-state index >= 15 is 0 Å². The van der Waals surface area contributed by atoms with Gasteiger partial charge in [-0.25, -0.2) is 0 Å². The van der Waals surface area contributed by atoms with E-state index in [1.807, 2.05) is 0 Å². The molecular weight excluding hydrogens is 289 g/mol. The number of rotatable bonds is 2. The Labute approximate surface area is 89.2 Å². The normalized spacial score (nSPS) is 11.9. The van der Waals surface area contributed by atoms with Gasteiger partial charge in [0.2, 0.25) is 0 Å².